The van der Waals surface area contributed by atoms with Crippen LogP contribution in [-0.2, 0) is 4.74 Å². The highest BCUT2D eigenvalue weighted by molar-refractivity contribution is 5.42. The topological polar surface area (TPSA) is 28.6 Å². The Morgan fingerprint density at radius 2 is 2.00 bits per heavy atom. The van der Waals surface area contributed by atoms with Crippen LogP contribution in [0.5, 0.6) is 0 Å². The highest BCUT2D eigenvalue weighted by atomic mass is 16.5. The van der Waals surface area contributed by atoms with E-state index in [2.05, 4.69) is 35.8 Å². The molecular formula is C17H27N3O. The number of ether oxygens (including phenoxy) is 1. The quantitative estimate of drug-likeness (QED) is 0.855. The SMILES string of the molecule is CCN1CCCC[C@@H]1c1ccc(N2CCOCC2)nc1C. The molecule has 4 heteroatoms. The smallest absolute Gasteiger partial charge is 0.128 e. The zero-order chi connectivity index (χ0) is 14.7. The molecule has 2 aliphatic heterocycles. The second kappa shape index (κ2) is 6.75. The number of hydrogen-bond acceptors (Lipinski definition) is 4. The Bertz CT molecular complexity index is 471. The van der Waals surface area contributed by atoms with Gasteiger partial charge in [-0.3, -0.25) is 4.90 Å². The van der Waals surface area contributed by atoms with E-state index in [4.69, 9.17) is 9.72 Å². The summed E-state index contributed by atoms with van der Waals surface area (Å²) in [6, 6.07) is 5.08. The summed E-state index contributed by atoms with van der Waals surface area (Å²) in [7, 11) is 0. The summed E-state index contributed by atoms with van der Waals surface area (Å²) in [6.45, 7) is 10.3. The Morgan fingerprint density at radius 1 is 1.19 bits per heavy atom. The number of morpholine rings is 1. The molecule has 1 atom stereocenters. The first kappa shape index (κ1) is 14.8. The maximum absolute atomic E-state index is 5.42. The molecule has 0 N–H and O–H groups in total. The minimum Gasteiger partial charge on any atom is -0.378 e. The van der Waals surface area contributed by atoms with Crippen LogP contribution in [0.15, 0.2) is 12.1 Å². The fourth-order valence-electron chi connectivity index (χ4n) is 3.60. The summed E-state index contributed by atoms with van der Waals surface area (Å²) < 4.78 is 5.42. The van der Waals surface area contributed by atoms with Gasteiger partial charge < -0.3 is 9.64 Å². The summed E-state index contributed by atoms with van der Waals surface area (Å²) in [5.74, 6) is 1.11. The Morgan fingerprint density at radius 3 is 2.71 bits per heavy atom. The fourth-order valence-corrected chi connectivity index (χ4v) is 3.60. The van der Waals surface area contributed by atoms with E-state index in [0.717, 1.165) is 38.7 Å². The normalized spacial score (nSPS) is 24.3. The molecule has 3 rings (SSSR count). The number of nitrogens with zero attached hydrogens (tertiary/aromatic N) is 3. The Hall–Kier alpha value is -1.13. The van der Waals surface area contributed by atoms with Gasteiger partial charge in [0.1, 0.15) is 5.82 Å². The number of piperidine rings is 1. The molecule has 0 amide bonds. The van der Waals surface area contributed by atoms with Gasteiger partial charge in [-0.1, -0.05) is 19.4 Å². The molecule has 4 nitrogen and oxygen atoms in total. The first-order valence-electron chi connectivity index (χ1n) is 8.34. The number of pyridine rings is 1. The highest BCUT2D eigenvalue weighted by Crippen LogP contribution is 2.32. The van der Waals surface area contributed by atoms with E-state index in [0.29, 0.717) is 6.04 Å². The summed E-state index contributed by atoms with van der Waals surface area (Å²) in [5, 5.41) is 0. The minimum absolute atomic E-state index is 0.565. The molecule has 1 aromatic heterocycles. The lowest BCUT2D eigenvalue weighted by atomic mass is 9.94. The first-order chi connectivity index (χ1) is 10.3. The maximum atomic E-state index is 5.42. The van der Waals surface area contributed by atoms with Crippen LogP contribution in [0.25, 0.3) is 0 Å². The van der Waals surface area contributed by atoms with Crippen molar-refractivity contribution in [1.29, 1.82) is 0 Å². The average Bonchev–Trinajstić information content (AvgIpc) is 2.55. The van der Waals surface area contributed by atoms with Crippen LogP contribution >= 0.6 is 0 Å². The molecule has 0 spiro atoms. The number of aromatic nitrogens is 1. The van der Waals surface area contributed by atoms with Crippen LogP contribution in [-0.4, -0.2) is 49.3 Å². The summed E-state index contributed by atoms with van der Waals surface area (Å²) in [5.41, 5.74) is 2.62. The van der Waals surface area contributed by atoms with E-state index in [1.807, 2.05) is 0 Å². The van der Waals surface area contributed by atoms with Gasteiger partial charge in [0.2, 0.25) is 0 Å². The van der Waals surface area contributed by atoms with Crippen LogP contribution in [0.4, 0.5) is 5.82 Å². The van der Waals surface area contributed by atoms with Crippen LogP contribution in [0.2, 0.25) is 0 Å². The van der Waals surface area contributed by atoms with Gasteiger partial charge in [0.05, 0.1) is 13.2 Å². The van der Waals surface area contributed by atoms with E-state index in [1.54, 1.807) is 0 Å². The van der Waals surface area contributed by atoms with Gasteiger partial charge in [-0.05, 0) is 44.5 Å². The van der Waals surface area contributed by atoms with Crippen molar-refractivity contribution in [3.8, 4) is 0 Å². The maximum Gasteiger partial charge on any atom is 0.128 e. The van der Waals surface area contributed by atoms with Gasteiger partial charge in [-0.25, -0.2) is 4.98 Å². The molecule has 0 radical (unpaired) electrons. The lowest BCUT2D eigenvalue weighted by molar-refractivity contribution is 0.122. The van der Waals surface area contributed by atoms with E-state index in [-0.39, 0.29) is 0 Å². The number of anilines is 1. The van der Waals surface area contributed by atoms with Crippen molar-refractivity contribution in [2.75, 3.05) is 44.3 Å². The Balaban J connectivity index is 1.80. The van der Waals surface area contributed by atoms with Gasteiger partial charge >= 0.3 is 0 Å². The molecule has 0 aliphatic carbocycles. The third-order valence-corrected chi connectivity index (χ3v) is 4.83. The Labute approximate surface area is 128 Å². The van der Waals surface area contributed by atoms with Crippen LogP contribution < -0.4 is 4.90 Å². The van der Waals surface area contributed by atoms with Crippen molar-refractivity contribution in [2.45, 2.75) is 39.2 Å². The van der Waals surface area contributed by atoms with Gasteiger partial charge in [-0.2, -0.15) is 0 Å². The molecule has 0 bridgehead atoms. The van der Waals surface area contributed by atoms with Crippen LogP contribution in [0, 0.1) is 6.92 Å². The van der Waals surface area contributed by atoms with Crippen LogP contribution in [0.1, 0.15) is 43.5 Å². The lowest BCUT2D eigenvalue weighted by Gasteiger charge is -2.36. The van der Waals surface area contributed by atoms with E-state index >= 15 is 0 Å². The number of rotatable bonds is 3. The predicted octanol–water partition coefficient (Wildman–Crippen LogP) is 2.77. The second-order valence-corrected chi connectivity index (χ2v) is 6.08. The van der Waals surface area contributed by atoms with Gasteiger partial charge in [0.25, 0.3) is 0 Å². The van der Waals surface area contributed by atoms with Crippen molar-refractivity contribution in [3.63, 3.8) is 0 Å². The predicted molar refractivity (Wildman–Crippen MR) is 85.8 cm³/mol. The lowest BCUT2D eigenvalue weighted by Crippen LogP contribution is -2.37. The van der Waals surface area contributed by atoms with Crippen molar-refractivity contribution < 1.29 is 4.74 Å². The molecule has 2 aliphatic rings. The van der Waals surface area contributed by atoms with Gasteiger partial charge in [-0.15, -0.1) is 0 Å². The number of aryl methyl sites for hydroxylation is 1. The molecule has 2 fully saturated rings. The molecule has 0 aromatic carbocycles. The summed E-state index contributed by atoms with van der Waals surface area (Å²) >= 11 is 0. The van der Waals surface area contributed by atoms with Crippen LogP contribution in [0.3, 0.4) is 0 Å². The molecule has 0 unspecified atom stereocenters. The molecular weight excluding hydrogens is 262 g/mol. The van der Waals surface area contributed by atoms with Crippen molar-refractivity contribution in [2.24, 2.45) is 0 Å². The fraction of sp³-hybridized carbons (Fsp3) is 0.706. The third kappa shape index (κ3) is 3.22. The number of hydrogen-bond donors (Lipinski definition) is 0. The van der Waals surface area contributed by atoms with E-state index in [1.165, 1.54) is 37.1 Å². The van der Waals surface area contributed by atoms with E-state index < -0.39 is 0 Å². The number of likely N-dealkylation sites (tertiary alicyclic amines) is 1. The third-order valence-electron chi connectivity index (χ3n) is 4.83. The molecule has 2 saturated heterocycles. The molecule has 1 aromatic rings. The zero-order valence-electron chi connectivity index (χ0n) is 13.3. The second-order valence-electron chi connectivity index (χ2n) is 6.08. The van der Waals surface area contributed by atoms with Crippen molar-refractivity contribution in [1.82, 2.24) is 9.88 Å². The zero-order valence-corrected chi connectivity index (χ0v) is 13.3. The largest absolute Gasteiger partial charge is 0.378 e. The van der Waals surface area contributed by atoms with Gasteiger partial charge in [0.15, 0.2) is 0 Å². The molecule has 21 heavy (non-hydrogen) atoms. The standard InChI is InChI=1S/C17H27N3O/c1-3-19-9-5-4-6-16(19)15-7-8-17(18-14(15)2)20-10-12-21-13-11-20/h7-8,16H,3-6,9-13H2,1-2H3/t16-/m1/s1. The average molecular weight is 289 g/mol. The summed E-state index contributed by atoms with van der Waals surface area (Å²) in [4.78, 5) is 9.82. The molecule has 0 saturated carbocycles. The summed E-state index contributed by atoms with van der Waals surface area (Å²) in [6.07, 6.45) is 3.95. The van der Waals surface area contributed by atoms with E-state index in [9.17, 15) is 0 Å². The van der Waals surface area contributed by atoms with Crippen molar-refractivity contribution >= 4 is 5.82 Å². The minimum atomic E-state index is 0.565. The molecule has 116 valence electrons. The molecule has 3 heterocycles. The van der Waals surface area contributed by atoms with Crippen molar-refractivity contribution in [3.05, 3.63) is 23.4 Å². The monoisotopic (exact) mass is 289 g/mol. The first-order valence-corrected chi connectivity index (χ1v) is 8.34. The highest BCUT2D eigenvalue weighted by Gasteiger charge is 2.24. The Kier molecular flexibility index (Phi) is 4.76. The van der Waals surface area contributed by atoms with Gasteiger partial charge in [0, 0.05) is 24.8 Å².